The Morgan fingerprint density at radius 2 is 1.88 bits per heavy atom. The number of hydrogen-bond acceptors (Lipinski definition) is 6. The average molecular weight is 344 g/mol. The average Bonchev–Trinajstić information content (AvgIpc) is 3.23. The molecule has 5 rings (SSSR count). The third-order valence-electron chi connectivity index (χ3n) is 4.03. The molecule has 0 bridgehead atoms. The summed E-state index contributed by atoms with van der Waals surface area (Å²) in [6.45, 7) is 1.95. The van der Waals surface area contributed by atoms with Crippen LogP contribution in [0, 0.1) is 6.92 Å². The minimum Gasteiger partial charge on any atom is -0.237 e. The van der Waals surface area contributed by atoms with Crippen molar-refractivity contribution < 1.29 is 0 Å². The van der Waals surface area contributed by atoms with Crippen LogP contribution in [0.25, 0.3) is 38.0 Å². The van der Waals surface area contributed by atoms with Gasteiger partial charge in [-0.3, -0.25) is 0 Å². The van der Waals surface area contributed by atoms with Crippen molar-refractivity contribution in [3.63, 3.8) is 0 Å². The van der Waals surface area contributed by atoms with E-state index in [4.69, 9.17) is 5.10 Å². The molecule has 0 amide bonds. The Labute approximate surface area is 146 Å². The number of nitrogens with zero attached hydrogens (tertiary/aromatic N) is 6. The van der Waals surface area contributed by atoms with Crippen molar-refractivity contribution >= 4 is 27.3 Å². The molecule has 4 aromatic heterocycles. The van der Waals surface area contributed by atoms with E-state index < -0.39 is 0 Å². The Morgan fingerprint density at radius 3 is 2.76 bits per heavy atom. The number of rotatable bonds is 2. The molecule has 25 heavy (non-hydrogen) atoms. The number of hydrogen-bond donors (Lipinski definition) is 0. The van der Waals surface area contributed by atoms with E-state index in [0.29, 0.717) is 5.82 Å². The van der Waals surface area contributed by atoms with Gasteiger partial charge in [-0.05, 0) is 25.1 Å². The molecule has 0 atom stereocenters. The first-order chi connectivity index (χ1) is 12.3. The highest BCUT2D eigenvalue weighted by Gasteiger charge is 2.17. The maximum Gasteiger partial charge on any atom is 0.235 e. The zero-order chi connectivity index (χ0) is 16.8. The SMILES string of the molecule is Cc1nc2ncccc2cc1-c1nnc2sc(-c3ccccc3)nn12. The van der Waals surface area contributed by atoms with Gasteiger partial charge in [0.05, 0.1) is 5.69 Å². The van der Waals surface area contributed by atoms with Gasteiger partial charge in [-0.15, -0.1) is 10.2 Å². The molecular formula is C18H12N6S. The predicted molar refractivity (Wildman–Crippen MR) is 97.4 cm³/mol. The molecule has 0 saturated heterocycles. The standard InChI is InChI=1S/C18H12N6S/c1-11-14(10-13-8-5-9-19-15(13)20-11)16-21-22-18-24(16)23-17(25-18)12-6-3-2-4-7-12/h2-10H,1H3. The van der Waals surface area contributed by atoms with Crippen molar-refractivity contribution in [3.05, 3.63) is 60.4 Å². The Kier molecular flexibility index (Phi) is 3.07. The largest absolute Gasteiger partial charge is 0.237 e. The summed E-state index contributed by atoms with van der Waals surface area (Å²) in [6.07, 6.45) is 1.75. The van der Waals surface area contributed by atoms with Gasteiger partial charge in [0.1, 0.15) is 5.01 Å². The number of aromatic nitrogens is 6. The monoisotopic (exact) mass is 344 g/mol. The molecule has 0 spiro atoms. The lowest BCUT2D eigenvalue weighted by molar-refractivity contribution is 0.966. The maximum absolute atomic E-state index is 4.71. The summed E-state index contributed by atoms with van der Waals surface area (Å²) >= 11 is 1.52. The lowest BCUT2D eigenvalue weighted by Crippen LogP contribution is -1.96. The van der Waals surface area contributed by atoms with E-state index >= 15 is 0 Å². The molecule has 0 aliphatic carbocycles. The minimum atomic E-state index is 0.698. The topological polar surface area (TPSA) is 68.9 Å². The minimum absolute atomic E-state index is 0.698. The molecule has 120 valence electrons. The summed E-state index contributed by atoms with van der Waals surface area (Å²) in [6, 6.07) is 16.0. The summed E-state index contributed by atoms with van der Waals surface area (Å²) in [5, 5.41) is 15.2. The zero-order valence-electron chi connectivity index (χ0n) is 13.3. The van der Waals surface area contributed by atoms with E-state index in [9.17, 15) is 0 Å². The molecule has 0 aliphatic rings. The normalized spacial score (nSPS) is 11.4. The summed E-state index contributed by atoms with van der Waals surface area (Å²) in [4.78, 5) is 9.65. The summed E-state index contributed by atoms with van der Waals surface area (Å²) in [7, 11) is 0. The molecule has 0 N–H and O–H groups in total. The fourth-order valence-electron chi connectivity index (χ4n) is 2.80. The van der Waals surface area contributed by atoms with Crippen LogP contribution in [0.3, 0.4) is 0 Å². The van der Waals surface area contributed by atoms with E-state index in [1.54, 1.807) is 10.7 Å². The molecule has 1 aromatic carbocycles. The summed E-state index contributed by atoms with van der Waals surface area (Å²) in [5.41, 5.74) is 3.57. The van der Waals surface area contributed by atoms with E-state index in [0.717, 1.165) is 37.8 Å². The Hall–Kier alpha value is -3.19. The van der Waals surface area contributed by atoms with Gasteiger partial charge >= 0.3 is 0 Å². The molecule has 4 heterocycles. The van der Waals surface area contributed by atoms with E-state index in [1.165, 1.54) is 11.3 Å². The lowest BCUT2D eigenvalue weighted by Gasteiger charge is -2.04. The van der Waals surface area contributed by atoms with Crippen molar-refractivity contribution in [3.8, 4) is 22.0 Å². The van der Waals surface area contributed by atoms with Crippen LogP contribution in [0.2, 0.25) is 0 Å². The van der Waals surface area contributed by atoms with E-state index in [2.05, 4.69) is 20.2 Å². The molecule has 5 aromatic rings. The molecule has 0 fully saturated rings. The Morgan fingerprint density at radius 1 is 1.00 bits per heavy atom. The maximum atomic E-state index is 4.71. The van der Waals surface area contributed by atoms with Gasteiger partial charge in [0.25, 0.3) is 0 Å². The van der Waals surface area contributed by atoms with Crippen LogP contribution in [0.5, 0.6) is 0 Å². The summed E-state index contributed by atoms with van der Waals surface area (Å²) < 4.78 is 1.79. The summed E-state index contributed by atoms with van der Waals surface area (Å²) in [5.74, 6) is 0.698. The third-order valence-corrected chi connectivity index (χ3v) is 4.98. The van der Waals surface area contributed by atoms with Crippen LogP contribution in [0.4, 0.5) is 0 Å². The van der Waals surface area contributed by atoms with Gasteiger partial charge < -0.3 is 0 Å². The zero-order valence-corrected chi connectivity index (χ0v) is 14.1. The smallest absolute Gasteiger partial charge is 0.235 e. The fourth-order valence-corrected chi connectivity index (χ4v) is 3.65. The van der Waals surface area contributed by atoms with Crippen LogP contribution in [0.1, 0.15) is 5.69 Å². The van der Waals surface area contributed by atoms with Gasteiger partial charge in [-0.2, -0.15) is 9.61 Å². The van der Waals surface area contributed by atoms with Gasteiger partial charge in [0, 0.05) is 22.7 Å². The van der Waals surface area contributed by atoms with Crippen molar-refractivity contribution in [2.24, 2.45) is 0 Å². The first-order valence-corrected chi connectivity index (χ1v) is 8.62. The molecule has 0 radical (unpaired) electrons. The van der Waals surface area contributed by atoms with Crippen LogP contribution in [-0.2, 0) is 0 Å². The Bertz CT molecular complexity index is 1210. The van der Waals surface area contributed by atoms with Gasteiger partial charge in [0.15, 0.2) is 11.5 Å². The second-order valence-electron chi connectivity index (χ2n) is 5.66. The van der Waals surface area contributed by atoms with Crippen LogP contribution >= 0.6 is 11.3 Å². The molecule has 7 heteroatoms. The second-order valence-corrected chi connectivity index (χ2v) is 6.62. The number of benzene rings is 1. The predicted octanol–water partition coefficient (Wildman–Crippen LogP) is 3.77. The van der Waals surface area contributed by atoms with Gasteiger partial charge in [0.2, 0.25) is 4.96 Å². The highest BCUT2D eigenvalue weighted by atomic mass is 32.1. The van der Waals surface area contributed by atoms with Crippen molar-refractivity contribution in [2.75, 3.05) is 0 Å². The number of aryl methyl sites for hydroxylation is 1. The number of pyridine rings is 2. The third kappa shape index (κ3) is 2.28. The highest BCUT2D eigenvalue weighted by molar-refractivity contribution is 7.19. The van der Waals surface area contributed by atoms with Crippen molar-refractivity contribution in [2.45, 2.75) is 6.92 Å². The van der Waals surface area contributed by atoms with Gasteiger partial charge in [-0.1, -0.05) is 41.7 Å². The van der Waals surface area contributed by atoms with Gasteiger partial charge in [-0.25, -0.2) is 9.97 Å². The van der Waals surface area contributed by atoms with Crippen LogP contribution in [-0.4, -0.2) is 29.8 Å². The van der Waals surface area contributed by atoms with E-state index in [1.807, 2.05) is 55.5 Å². The first-order valence-electron chi connectivity index (χ1n) is 7.80. The Balaban J connectivity index is 1.71. The van der Waals surface area contributed by atoms with Crippen molar-refractivity contribution in [1.29, 1.82) is 0 Å². The quantitative estimate of drug-likeness (QED) is 0.487. The van der Waals surface area contributed by atoms with Crippen LogP contribution in [0.15, 0.2) is 54.7 Å². The lowest BCUT2D eigenvalue weighted by atomic mass is 10.1. The second kappa shape index (κ2) is 5.42. The fraction of sp³-hybridized carbons (Fsp3) is 0.0556. The molecular weight excluding hydrogens is 332 g/mol. The molecule has 6 nitrogen and oxygen atoms in total. The molecule has 0 aliphatic heterocycles. The van der Waals surface area contributed by atoms with Crippen LogP contribution < -0.4 is 0 Å². The van der Waals surface area contributed by atoms with E-state index in [-0.39, 0.29) is 0 Å². The molecule has 0 unspecified atom stereocenters. The first kappa shape index (κ1) is 14.2. The number of fused-ring (bicyclic) bond motifs is 2. The molecule has 0 saturated carbocycles. The van der Waals surface area contributed by atoms with Crippen molar-refractivity contribution in [1.82, 2.24) is 29.8 Å². The highest BCUT2D eigenvalue weighted by Crippen LogP contribution is 2.29.